The van der Waals surface area contributed by atoms with Gasteiger partial charge in [0.2, 0.25) is 5.66 Å². The summed E-state index contributed by atoms with van der Waals surface area (Å²) in [5.74, 6) is 0. The Bertz CT molecular complexity index is 282. The molecule has 1 aromatic carbocycles. The predicted molar refractivity (Wildman–Crippen MR) is 49.2 cm³/mol. The van der Waals surface area contributed by atoms with Crippen molar-refractivity contribution in [2.45, 2.75) is 5.66 Å². The predicted octanol–water partition coefficient (Wildman–Crippen LogP) is 2.65. The van der Waals surface area contributed by atoms with Crippen LogP contribution in [0.4, 0.5) is 0 Å². The first-order valence-corrected chi connectivity index (χ1v) is 4.86. The lowest BCUT2D eigenvalue weighted by molar-refractivity contribution is 0.497. The van der Waals surface area contributed by atoms with E-state index in [0.717, 1.165) is 5.56 Å². The van der Waals surface area contributed by atoms with E-state index in [9.17, 15) is 4.57 Å². The highest BCUT2D eigenvalue weighted by Gasteiger charge is 2.26. The van der Waals surface area contributed by atoms with Crippen molar-refractivity contribution in [1.29, 1.82) is 0 Å². The molecule has 2 unspecified atom stereocenters. The Morgan fingerprint density at radius 3 is 2.42 bits per heavy atom. The molecule has 0 heterocycles. The molecule has 62 valence electrons. The maximum absolute atomic E-state index is 10.8. The second-order valence-electron chi connectivity index (χ2n) is 2.39. The van der Waals surface area contributed by atoms with Gasteiger partial charge in [-0.1, -0.05) is 36.9 Å². The first-order chi connectivity index (χ1) is 5.75. The van der Waals surface area contributed by atoms with Gasteiger partial charge in [0.05, 0.1) is 0 Å². The maximum Gasteiger partial charge on any atom is 0.517 e. The molecule has 1 N–H and O–H groups in total. The SMILES string of the molecule is C=CC(c1ccccc1)[P+](=O)O. The zero-order chi connectivity index (χ0) is 8.97. The summed E-state index contributed by atoms with van der Waals surface area (Å²) in [6, 6.07) is 9.18. The van der Waals surface area contributed by atoms with Crippen LogP contribution in [0.25, 0.3) is 0 Å². The summed E-state index contributed by atoms with van der Waals surface area (Å²) in [5, 5.41) is 0. The van der Waals surface area contributed by atoms with Gasteiger partial charge < -0.3 is 0 Å². The summed E-state index contributed by atoms with van der Waals surface area (Å²) in [4.78, 5) is 8.90. The summed E-state index contributed by atoms with van der Waals surface area (Å²) in [7, 11) is -2.21. The maximum atomic E-state index is 10.8. The van der Waals surface area contributed by atoms with Crippen molar-refractivity contribution in [2.75, 3.05) is 0 Å². The number of rotatable bonds is 3. The summed E-state index contributed by atoms with van der Waals surface area (Å²) in [6.45, 7) is 3.51. The Labute approximate surface area is 72.4 Å². The van der Waals surface area contributed by atoms with Crippen LogP contribution in [0.3, 0.4) is 0 Å². The molecular weight excluding hydrogens is 171 g/mol. The Balaban J connectivity index is 2.95. The molecular formula is C9H10O2P+. The average Bonchev–Trinajstić information content (AvgIpc) is 2.07. The third kappa shape index (κ3) is 2.00. The van der Waals surface area contributed by atoms with Crippen molar-refractivity contribution in [3.8, 4) is 0 Å². The van der Waals surface area contributed by atoms with Gasteiger partial charge in [-0.25, -0.2) is 0 Å². The van der Waals surface area contributed by atoms with E-state index in [2.05, 4.69) is 6.58 Å². The van der Waals surface area contributed by atoms with E-state index in [4.69, 9.17) is 4.89 Å². The van der Waals surface area contributed by atoms with Crippen LogP contribution in [0, 0.1) is 0 Å². The Kier molecular flexibility index (Phi) is 3.15. The molecule has 0 fully saturated rings. The summed E-state index contributed by atoms with van der Waals surface area (Å²) >= 11 is 0. The fraction of sp³-hybridized carbons (Fsp3) is 0.111. The van der Waals surface area contributed by atoms with Crippen molar-refractivity contribution in [1.82, 2.24) is 0 Å². The summed E-state index contributed by atoms with van der Waals surface area (Å²) in [6.07, 6.45) is 1.49. The van der Waals surface area contributed by atoms with E-state index in [0.29, 0.717) is 0 Å². The number of benzene rings is 1. The molecule has 12 heavy (non-hydrogen) atoms. The van der Waals surface area contributed by atoms with E-state index in [1.165, 1.54) is 6.08 Å². The topological polar surface area (TPSA) is 37.3 Å². The van der Waals surface area contributed by atoms with Gasteiger partial charge >= 0.3 is 8.03 Å². The van der Waals surface area contributed by atoms with Crippen molar-refractivity contribution in [3.05, 3.63) is 48.6 Å². The van der Waals surface area contributed by atoms with E-state index in [1.807, 2.05) is 30.3 Å². The minimum Gasteiger partial charge on any atom is -0.160 e. The molecule has 1 aromatic rings. The van der Waals surface area contributed by atoms with Crippen molar-refractivity contribution >= 4 is 8.03 Å². The molecule has 0 radical (unpaired) electrons. The molecule has 0 amide bonds. The highest BCUT2D eigenvalue weighted by atomic mass is 31.1. The van der Waals surface area contributed by atoms with E-state index in [1.54, 1.807) is 0 Å². The molecule has 0 aliphatic rings. The number of allylic oxidation sites excluding steroid dienone is 1. The quantitative estimate of drug-likeness (QED) is 0.574. The molecule has 1 rings (SSSR count). The van der Waals surface area contributed by atoms with Crippen LogP contribution in [0.2, 0.25) is 0 Å². The van der Waals surface area contributed by atoms with Gasteiger partial charge in [0.15, 0.2) is 0 Å². The monoisotopic (exact) mass is 181 g/mol. The molecule has 0 aliphatic heterocycles. The van der Waals surface area contributed by atoms with Gasteiger partial charge in [0.25, 0.3) is 0 Å². The Morgan fingerprint density at radius 1 is 1.42 bits per heavy atom. The third-order valence-corrected chi connectivity index (χ3v) is 2.59. The van der Waals surface area contributed by atoms with Crippen LogP contribution in [0.15, 0.2) is 43.0 Å². The smallest absolute Gasteiger partial charge is 0.160 e. The highest BCUT2D eigenvalue weighted by Crippen LogP contribution is 2.37. The fourth-order valence-electron chi connectivity index (χ4n) is 1.00. The third-order valence-electron chi connectivity index (χ3n) is 1.60. The van der Waals surface area contributed by atoms with Crippen molar-refractivity contribution < 1.29 is 9.46 Å². The molecule has 0 spiro atoms. The molecule has 0 bridgehead atoms. The Morgan fingerprint density at radius 2 is 2.00 bits per heavy atom. The van der Waals surface area contributed by atoms with E-state index < -0.39 is 13.7 Å². The standard InChI is InChI=1S/C9H9O2P/c1-2-9(12(10)11)8-6-4-3-5-7-8/h2-7,9H,1H2/p+1. The van der Waals surface area contributed by atoms with Gasteiger partial charge in [-0.2, -0.15) is 4.89 Å². The molecule has 2 nitrogen and oxygen atoms in total. The average molecular weight is 181 g/mol. The summed E-state index contributed by atoms with van der Waals surface area (Å²) in [5.41, 5.74) is 0.386. The zero-order valence-electron chi connectivity index (χ0n) is 6.55. The molecule has 0 aromatic heterocycles. The van der Waals surface area contributed by atoms with Crippen LogP contribution in [0.5, 0.6) is 0 Å². The molecule has 2 atom stereocenters. The lowest BCUT2D eigenvalue weighted by atomic mass is 10.1. The van der Waals surface area contributed by atoms with Crippen molar-refractivity contribution in [3.63, 3.8) is 0 Å². The number of hydrogen-bond acceptors (Lipinski definition) is 1. The first-order valence-electron chi connectivity index (χ1n) is 3.58. The Hall–Kier alpha value is -0.980. The minimum absolute atomic E-state index is 0.443. The van der Waals surface area contributed by atoms with Gasteiger partial charge in [0.1, 0.15) is 0 Å². The zero-order valence-corrected chi connectivity index (χ0v) is 7.45. The van der Waals surface area contributed by atoms with Crippen molar-refractivity contribution in [2.24, 2.45) is 0 Å². The molecule has 0 aliphatic carbocycles. The lowest BCUT2D eigenvalue weighted by Gasteiger charge is -1.97. The fourth-order valence-corrected chi connectivity index (χ4v) is 1.61. The van der Waals surface area contributed by atoms with Crippen LogP contribution >= 0.6 is 8.03 Å². The second kappa shape index (κ2) is 4.15. The van der Waals surface area contributed by atoms with Gasteiger partial charge in [0, 0.05) is 5.56 Å². The number of hydrogen-bond donors (Lipinski definition) is 1. The van der Waals surface area contributed by atoms with Crippen LogP contribution in [0.1, 0.15) is 11.2 Å². The molecule has 0 saturated carbocycles. The van der Waals surface area contributed by atoms with E-state index in [-0.39, 0.29) is 0 Å². The lowest BCUT2D eigenvalue weighted by Crippen LogP contribution is -1.87. The van der Waals surface area contributed by atoms with Crippen LogP contribution in [-0.2, 0) is 4.57 Å². The van der Waals surface area contributed by atoms with Gasteiger partial charge in [-0.15, -0.1) is 0 Å². The second-order valence-corrected chi connectivity index (χ2v) is 3.56. The minimum atomic E-state index is -2.21. The molecule has 0 saturated heterocycles. The van der Waals surface area contributed by atoms with Crippen LogP contribution < -0.4 is 0 Å². The van der Waals surface area contributed by atoms with Gasteiger partial charge in [-0.05, 0) is 10.6 Å². The van der Waals surface area contributed by atoms with E-state index >= 15 is 0 Å². The normalized spacial score (nSPS) is 13.6. The largest absolute Gasteiger partial charge is 0.517 e. The highest BCUT2D eigenvalue weighted by molar-refractivity contribution is 7.38. The summed E-state index contributed by atoms with van der Waals surface area (Å²) < 4.78 is 10.8. The first kappa shape index (κ1) is 9.11. The van der Waals surface area contributed by atoms with Gasteiger partial charge in [-0.3, -0.25) is 0 Å². The molecule has 3 heteroatoms. The van der Waals surface area contributed by atoms with Crippen LogP contribution in [-0.4, -0.2) is 4.89 Å².